The minimum Gasteiger partial charge on any atom is -0.478 e. The van der Waals surface area contributed by atoms with Crippen molar-refractivity contribution in [1.82, 2.24) is 0 Å². The van der Waals surface area contributed by atoms with Crippen LogP contribution in [0.25, 0.3) is 0 Å². The molecule has 27 heavy (non-hydrogen) atoms. The monoisotopic (exact) mass is 359 g/mol. The number of hydrogen-bond acceptors (Lipinski definition) is 2. The van der Waals surface area contributed by atoms with Crippen LogP contribution >= 0.6 is 0 Å². The normalized spacial score (nSPS) is 10.4. The molecule has 4 heteroatoms. The first-order chi connectivity index (χ1) is 13.0. The van der Waals surface area contributed by atoms with Gasteiger partial charge in [-0.1, -0.05) is 54.6 Å². The lowest BCUT2D eigenvalue weighted by molar-refractivity contribution is 0.0698. The number of hydrogen-bond donors (Lipinski definition) is 2. The standard InChI is InChI=1S/C23H21NO3/c1-16-7-5-6-10-19(16)22(25)24-21-15-18(13-14-20(21)23(26)27)12-11-17-8-3-2-4-9-17/h2-10,13-15H,11-12H2,1H3,(H,24,25)(H,26,27). The van der Waals surface area contributed by atoms with E-state index >= 15 is 0 Å². The van der Waals surface area contributed by atoms with Crippen molar-refractivity contribution in [1.29, 1.82) is 0 Å². The Morgan fingerprint density at radius 3 is 2.19 bits per heavy atom. The number of aromatic carboxylic acids is 1. The highest BCUT2D eigenvalue weighted by atomic mass is 16.4. The van der Waals surface area contributed by atoms with Crippen molar-refractivity contribution in [2.45, 2.75) is 19.8 Å². The molecule has 0 aliphatic carbocycles. The van der Waals surface area contributed by atoms with E-state index in [1.165, 1.54) is 5.56 Å². The summed E-state index contributed by atoms with van der Waals surface area (Å²) in [6.45, 7) is 1.85. The average molecular weight is 359 g/mol. The average Bonchev–Trinajstić information content (AvgIpc) is 2.67. The second-order valence-electron chi connectivity index (χ2n) is 6.44. The highest BCUT2D eigenvalue weighted by Gasteiger charge is 2.15. The number of amides is 1. The highest BCUT2D eigenvalue weighted by Crippen LogP contribution is 2.21. The first-order valence-electron chi connectivity index (χ1n) is 8.82. The summed E-state index contributed by atoms with van der Waals surface area (Å²) in [7, 11) is 0. The molecule has 0 heterocycles. The third-order valence-corrected chi connectivity index (χ3v) is 4.50. The molecule has 2 N–H and O–H groups in total. The predicted octanol–water partition coefficient (Wildman–Crippen LogP) is 4.73. The molecular weight excluding hydrogens is 338 g/mol. The van der Waals surface area contributed by atoms with Gasteiger partial charge in [-0.2, -0.15) is 0 Å². The van der Waals surface area contributed by atoms with Gasteiger partial charge < -0.3 is 10.4 Å². The summed E-state index contributed by atoms with van der Waals surface area (Å²) in [5.41, 5.74) is 3.96. The number of benzene rings is 3. The van der Waals surface area contributed by atoms with Gasteiger partial charge in [0.1, 0.15) is 0 Å². The zero-order valence-corrected chi connectivity index (χ0v) is 15.1. The zero-order valence-electron chi connectivity index (χ0n) is 15.1. The molecule has 0 radical (unpaired) electrons. The molecule has 136 valence electrons. The minimum absolute atomic E-state index is 0.0837. The van der Waals surface area contributed by atoms with Gasteiger partial charge >= 0.3 is 5.97 Å². The molecule has 0 unspecified atom stereocenters. The zero-order chi connectivity index (χ0) is 19.2. The fourth-order valence-electron chi connectivity index (χ4n) is 2.99. The number of anilines is 1. The van der Waals surface area contributed by atoms with Gasteiger partial charge in [-0.15, -0.1) is 0 Å². The lowest BCUT2D eigenvalue weighted by Crippen LogP contribution is -2.16. The van der Waals surface area contributed by atoms with Crippen molar-refractivity contribution in [3.63, 3.8) is 0 Å². The maximum Gasteiger partial charge on any atom is 0.337 e. The van der Waals surface area contributed by atoms with Gasteiger partial charge in [0.2, 0.25) is 0 Å². The lowest BCUT2D eigenvalue weighted by atomic mass is 10.0. The molecule has 3 aromatic carbocycles. The van der Waals surface area contributed by atoms with Crippen LogP contribution in [0.3, 0.4) is 0 Å². The van der Waals surface area contributed by atoms with Crippen molar-refractivity contribution >= 4 is 17.6 Å². The Morgan fingerprint density at radius 1 is 0.815 bits per heavy atom. The maximum absolute atomic E-state index is 12.6. The van der Waals surface area contributed by atoms with Crippen LogP contribution in [0.4, 0.5) is 5.69 Å². The number of carboxylic acid groups (broad SMARTS) is 1. The van der Waals surface area contributed by atoms with Crippen molar-refractivity contribution in [2.75, 3.05) is 5.32 Å². The first kappa shape index (κ1) is 18.4. The number of aryl methyl sites for hydroxylation is 3. The van der Waals surface area contributed by atoms with Crippen LogP contribution in [0.5, 0.6) is 0 Å². The summed E-state index contributed by atoms with van der Waals surface area (Å²) in [6, 6.07) is 22.4. The van der Waals surface area contributed by atoms with Crippen LogP contribution in [-0.4, -0.2) is 17.0 Å². The quantitative estimate of drug-likeness (QED) is 0.668. The molecule has 3 aromatic rings. The van der Waals surface area contributed by atoms with E-state index < -0.39 is 5.97 Å². The molecule has 1 amide bonds. The summed E-state index contributed by atoms with van der Waals surface area (Å²) in [4.78, 5) is 24.1. The molecule has 0 fully saturated rings. The molecule has 0 aliphatic rings. The van der Waals surface area contributed by atoms with Gasteiger partial charge in [0.25, 0.3) is 5.91 Å². The Bertz CT molecular complexity index is 964. The third-order valence-electron chi connectivity index (χ3n) is 4.50. The van der Waals surface area contributed by atoms with E-state index in [1.807, 2.05) is 37.3 Å². The Labute approximate surface area is 158 Å². The molecule has 0 saturated carbocycles. The largest absolute Gasteiger partial charge is 0.478 e. The van der Waals surface area contributed by atoms with E-state index in [2.05, 4.69) is 17.4 Å². The molecule has 0 aliphatic heterocycles. The molecular formula is C23H21NO3. The van der Waals surface area contributed by atoms with Crippen LogP contribution in [0.2, 0.25) is 0 Å². The summed E-state index contributed by atoms with van der Waals surface area (Å²) < 4.78 is 0. The van der Waals surface area contributed by atoms with Crippen LogP contribution in [0, 0.1) is 6.92 Å². The number of nitrogens with one attached hydrogen (secondary N) is 1. The van der Waals surface area contributed by atoms with Gasteiger partial charge in [0.15, 0.2) is 0 Å². The van der Waals surface area contributed by atoms with E-state index in [-0.39, 0.29) is 11.5 Å². The van der Waals surface area contributed by atoms with Crippen molar-refractivity contribution in [2.24, 2.45) is 0 Å². The van der Waals surface area contributed by atoms with Crippen LogP contribution in [0.15, 0.2) is 72.8 Å². The topological polar surface area (TPSA) is 66.4 Å². The maximum atomic E-state index is 12.6. The summed E-state index contributed by atoms with van der Waals surface area (Å²) in [6.07, 6.45) is 1.61. The smallest absolute Gasteiger partial charge is 0.337 e. The minimum atomic E-state index is -1.07. The van der Waals surface area contributed by atoms with E-state index in [4.69, 9.17) is 0 Å². The fraction of sp³-hybridized carbons (Fsp3) is 0.130. The van der Waals surface area contributed by atoms with Crippen LogP contribution in [-0.2, 0) is 12.8 Å². The molecule has 0 spiro atoms. The van der Waals surface area contributed by atoms with E-state index in [1.54, 1.807) is 30.3 Å². The second-order valence-corrected chi connectivity index (χ2v) is 6.44. The predicted molar refractivity (Wildman–Crippen MR) is 106 cm³/mol. The Kier molecular flexibility index (Phi) is 5.67. The molecule has 0 aromatic heterocycles. The Balaban J connectivity index is 1.82. The van der Waals surface area contributed by atoms with Crippen molar-refractivity contribution < 1.29 is 14.7 Å². The van der Waals surface area contributed by atoms with Gasteiger partial charge in [0.05, 0.1) is 11.3 Å². The molecule has 0 atom stereocenters. The fourth-order valence-corrected chi connectivity index (χ4v) is 2.99. The summed E-state index contributed by atoms with van der Waals surface area (Å²) in [5, 5.41) is 12.2. The SMILES string of the molecule is Cc1ccccc1C(=O)Nc1cc(CCc2ccccc2)ccc1C(=O)O. The summed E-state index contributed by atoms with van der Waals surface area (Å²) >= 11 is 0. The number of carbonyl (C=O) groups excluding carboxylic acids is 1. The summed E-state index contributed by atoms with van der Waals surface area (Å²) in [5.74, 6) is -1.37. The first-order valence-corrected chi connectivity index (χ1v) is 8.82. The van der Waals surface area contributed by atoms with Crippen molar-refractivity contribution in [3.8, 4) is 0 Å². The molecule has 3 rings (SSSR count). The number of carbonyl (C=O) groups is 2. The van der Waals surface area contributed by atoms with Gasteiger partial charge in [0, 0.05) is 5.56 Å². The Morgan fingerprint density at radius 2 is 1.48 bits per heavy atom. The lowest BCUT2D eigenvalue weighted by Gasteiger charge is -2.12. The number of rotatable bonds is 6. The van der Waals surface area contributed by atoms with Crippen LogP contribution < -0.4 is 5.32 Å². The Hall–Kier alpha value is -3.40. The molecule has 0 bridgehead atoms. The third kappa shape index (κ3) is 4.61. The second kappa shape index (κ2) is 8.32. The van der Waals surface area contributed by atoms with Crippen LogP contribution in [0.1, 0.15) is 37.4 Å². The number of carboxylic acids is 1. The molecule has 0 saturated heterocycles. The van der Waals surface area contributed by atoms with Gasteiger partial charge in [-0.3, -0.25) is 4.79 Å². The van der Waals surface area contributed by atoms with Gasteiger partial charge in [-0.25, -0.2) is 4.79 Å². The van der Waals surface area contributed by atoms with E-state index in [0.717, 1.165) is 24.0 Å². The van der Waals surface area contributed by atoms with Crippen molar-refractivity contribution in [3.05, 3.63) is 101 Å². The molecule has 4 nitrogen and oxygen atoms in total. The van der Waals surface area contributed by atoms with Gasteiger partial charge in [-0.05, 0) is 54.7 Å². The van der Waals surface area contributed by atoms with E-state index in [9.17, 15) is 14.7 Å². The van der Waals surface area contributed by atoms with E-state index in [0.29, 0.717) is 11.3 Å². The highest BCUT2D eigenvalue weighted by molar-refractivity contribution is 6.08.